The lowest BCUT2D eigenvalue weighted by molar-refractivity contribution is -0.134. The Balaban J connectivity index is 1.53. The van der Waals surface area contributed by atoms with Gasteiger partial charge in [-0.3, -0.25) is 9.69 Å². The van der Waals surface area contributed by atoms with Gasteiger partial charge in [-0.05, 0) is 37.8 Å². The Labute approximate surface area is 184 Å². The average Bonchev–Trinajstić information content (AvgIpc) is 3.07. The molecule has 1 aromatic carbocycles. The summed E-state index contributed by atoms with van der Waals surface area (Å²) in [7, 11) is -3.89. The van der Waals surface area contributed by atoms with Crippen molar-refractivity contribution in [1.29, 1.82) is 0 Å². The monoisotopic (exact) mass is 448 g/mol. The van der Waals surface area contributed by atoms with Crippen molar-refractivity contribution < 1.29 is 17.7 Å². The zero-order chi connectivity index (χ0) is 22.8. The van der Waals surface area contributed by atoms with Gasteiger partial charge in [0.15, 0.2) is 5.76 Å². The maximum atomic E-state index is 12.8. The molecule has 2 heterocycles. The minimum atomic E-state index is -3.89. The number of aromatic nitrogens is 1. The molecule has 3 rings (SSSR count). The van der Waals surface area contributed by atoms with E-state index >= 15 is 0 Å². The molecule has 1 atom stereocenters. The third-order valence-corrected chi connectivity index (χ3v) is 7.46. The number of hydrogen-bond acceptors (Lipinski definition) is 6. The van der Waals surface area contributed by atoms with Crippen LogP contribution in [0.4, 0.5) is 0 Å². The molecule has 1 N–H and O–H groups in total. The molecule has 0 unspecified atom stereocenters. The standard InChI is InChI=1S/C22H32N4O4S/c1-15(2)20-8-6-19(7-9-20)14-25-10-12-26(13-11-25)22(27)17(4)24-31(28,29)21-16(3)23-30-18(21)5/h6-9,15,17,24H,10-14H2,1-5H3/t17-/m0/s1. The number of hydrogen-bond donors (Lipinski definition) is 1. The Morgan fingerprint density at radius 3 is 2.23 bits per heavy atom. The van der Waals surface area contributed by atoms with Gasteiger partial charge in [0.1, 0.15) is 10.6 Å². The van der Waals surface area contributed by atoms with Crippen molar-refractivity contribution in [3.8, 4) is 0 Å². The number of rotatable bonds is 7. The molecule has 1 aliphatic heterocycles. The van der Waals surface area contributed by atoms with Gasteiger partial charge in [-0.25, -0.2) is 8.42 Å². The molecule has 0 radical (unpaired) electrons. The fourth-order valence-corrected chi connectivity index (χ4v) is 5.39. The fraction of sp³-hybridized carbons (Fsp3) is 0.545. The minimum absolute atomic E-state index is 0.000421. The highest BCUT2D eigenvalue weighted by molar-refractivity contribution is 7.89. The molecule has 0 aliphatic carbocycles. The molecule has 1 aromatic heterocycles. The second-order valence-corrected chi connectivity index (χ2v) is 10.1. The number of nitrogens with one attached hydrogen (secondary N) is 1. The molecule has 0 saturated carbocycles. The Morgan fingerprint density at radius 1 is 1.10 bits per heavy atom. The summed E-state index contributed by atoms with van der Waals surface area (Å²) in [6, 6.07) is 7.81. The van der Waals surface area contributed by atoms with Crippen molar-refractivity contribution in [2.24, 2.45) is 0 Å². The summed E-state index contributed by atoms with van der Waals surface area (Å²) in [6.45, 7) is 12.5. The third kappa shape index (κ3) is 5.53. The number of sulfonamides is 1. The van der Waals surface area contributed by atoms with Crippen LogP contribution >= 0.6 is 0 Å². The first-order chi connectivity index (χ1) is 14.6. The van der Waals surface area contributed by atoms with Crippen LogP contribution in [0.25, 0.3) is 0 Å². The van der Waals surface area contributed by atoms with E-state index in [1.54, 1.807) is 18.7 Å². The van der Waals surface area contributed by atoms with Gasteiger partial charge in [-0.15, -0.1) is 0 Å². The van der Waals surface area contributed by atoms with Crippen LogP contribution in [-0.2, 0) is 21.4 Å². The van der Waals surface area contributed by atoms with Crippen molar-refractivity contribution in [3.63, 3.8) is 0 Å². The second-order valence-electron chi connectivity index (χ2n) is 8.49. The van der Waals surface area contributed by atoms with Gasteiger partial charge in [0.2, 0.25) is 15.9 Å². The number of piperazine rings is 1. The molecule has 0 bridgehead atoms. The van der Waals surface area contributed by atoms with E-state index in [1.165, 1.54) is 18.1 Å². The minimum Gasteiger partial charge on any atom is -0.360 e. The molecule has 1 aliphatic rings. The smallest absolute Gasteiger partial charge is 0.246 e. The lowest BCUT2D eigenvalue weighted by atomic mass is 10.0. The molecule has 1 fully saturated rings. The summed E-state index contributed by atoms with van der Waals surface area (Å²) in [5, 5.41) is 3.69. The topological polar surface area (TPSA) is 95.8 Å². The number of carbonyl (C=O) groups is 1. The van der Waals surface area contributed by atoms with Crippen LogP contribution in [-0.4, -0.2) is 61.5 Å². The summed E-state index contributed by atoms with van der Waals surface area (Å²) in [5.41, 5.74) is 2.86. The van der Waals surface area contributed by atoms with Gasteiger partial charge in [-0.2, -0.15) is 4.72 Å². The molecule has 31 heavy (non-hydrogen) atoms. The number of amides is 1. The molecule has 8 nitrogen and oxygen atoms in total. The highest BCUT2D eigenvalue weighted by Crippen LogP contribution is 2.20. The Kier molecular flexibility index (Phi) is 7.18. The average molecular weight is 449 g/mol. The van der Waals surface area contributed by atoms with Crippen LogP contribution in [0.1, 0.15) is 49.3 Å². The van der Waals surface area contributed by atoms with Crippen LogP contribution in [0.2, 0.25) is 0 Å². The normalized spacial score (nSPS) is 16.6. The summed E-state index contributed by atoms with van der Waals surface area (Å²) in [5.74, 6) is 0.497. The summed E-state index contributed by atoms with van der Waals surface area (Å²) in [4.78, 5) is 16.9. The van der Waals surface area contributed by atoms with Crippen molar-refractivity contribution in [3.05, 3.63) is 46.8 Å². The zero-order valence-corrected chi connectivity index (χ0v) is 19.7. The number of benzene rings is 1. The molecule has 170 valence electrons. The van der Waals surface area contributed by atoms with Gasteiger partial charge >= 0.3 is 0 Å². The number of aryl methyl sites for hydroxylation is 2. The first-order valence-electron chi connectivity index (χ1n) is 10.6. The van der Waals surface area contributed by atoms with Gasteiger partial charge in [0, 0.05) is 32.7 Å². The Bertz CT molecular complexity index is 987. The van der Waals surface area contributed by atoms with Crippen LogP contribution in [0, 0.1) is 13.8 Å². The van der Waals surface area contributed by atoms with Gasteiger partial charge in [0.25, 0.3) is 0 Å². The Morgan fingerprint density at radius 2 is 1.71 bits per heavy atom. The first-order valence-corrected chi connectivity index (χ1v) is 12.1. The van der Waals surface area contributed by atoms with Crippen molar-refractivity contribution in [1.82, 2.24) is 19.7 Å². The molecular formula is C22H32N4O4S. The van der Waals surface area contributed by atoms with Gasteiger partial charge in [-0.1, -0.05) is 43.3 Å². The van der Waals surface area contributed by atoms with E-state index in [2.05, 4.69) is 52.9 Å². The van der Waals surface area contributed by atoms with E-state index < -0.39 is 16.1 Å². The predicted molar refractivity (Wildman–Crippen MR) is 118 cm³/mol. The van der Waals surface area contributed by atoms with Crippen molar-refractivity contribution in [2.45, 2.75) is 58.0 Å². The summed E-state index contributed by atoms with van der Waals surface area (Å²) >= 11 is 0. The maximum Gasteiger partial charge on any atom is 0.246 e. The Hall–Kier alpha value is -2.23. The van der Waals surface area contributed by atoms with E-state index in [0.717, 1.165) is 19.6 Å². The van der Waals surface area contributed by atoms with E-state index in [4.69, 9.17) is 4.52 Å². The second kappa shape index (κ2) is 9.50. The van der Waals surface area contributed by atoms with E-state index in [-0.39, 0.29) is 22.3 Å². The van der Waals surface area contributed by atoms with E-state index in [0.29, 0.717) is 19.0 Å². The van der Waals surface area contributed by atoms with Crippen LogP contribution < -0.4 is 4.72 Å². The molecule has 2 aromatic rings. The number of carbonyl (C=O) groups excluding carboxylic acids is 1. The lowest BCUT2D eigenvalue weighted by Gasteiger charge is -2.36. The highest BCUT2D eigenvalue weighted by Gasteiger charge is 2.31. The molecule has 1 saturated heterocycles. The van der Waals surface area contributed by atoms with Crippen molar-refractivity contribution >= 4 is 15.9 Å². The van der Waals surface area contributed by atoms with Crippen molar-refractivity contribution in [2.75, 3.05) is 26.2 Å². The summed E-state index contributed by atoms with van der Waals surface area (Å²) < 4.78 is 32.7. The quantitative estimate of drug-likeness (QED) is 0.699. The maximum absolute atomic E-state index is 12.8. The fourth-order valence-electron chi connectivity index (χ4n) is 3.87. The SMILES string of the molecule is Cc1noc(C)c1S(=O)(=O)N[C@@H](C)C(=O)N1CCN(Cc2ccc(C(C)C)cc2)CC1. The first kappa shape index (κ1) is 23.4. The van der Waals surface area contributed by atoms with E-state index in [9.17, 15) is 13.2 Å². The molecule has 9 heteroatoms. The number of nitrogens with zero attached hydrogens (tertiary/aromatic N) is 3. The molecule has 0 spiro atoms. The van der Waals surface area contributed by atoms with Crippen LogP contribution in [0.15, 0.2) is 33.7 Å². The van der Waals surface area contributed by atoms with E-state index in [1.807, 2.05) is 0 Å². The molecule has 1 amide bonds. The van der Waals surface area contributed by atoms with Gasteiger partial charge in [0.05, 0.1) is 6.04 Å². The van der Waals surface area contributed by atoms with Crippen LogP contribution in [0.5, 0.6) is 0 Å². The molecular weight excluding hydrogens is 416 g/mol. The zero-order valence-electron chi connectivity index (χ0n) is 18.9. The largest absolute Gasteiger partial charge is 0.360 e. The lowest BCUT2D eigenvalue weighted by Crippen LogP contribution is -2.53. The predicted octanol–water partition coefficient (Wildman–Crippen LogP) is 2.43. The summed E-state index contributed by atoms with van der Waals surface area (Å²) in [6.07, 6.45) is 0. The van der Waals surface area contributed by atoms with Gasteiger partial charge < -0.3 is 9.42 Å². The van der Waals surface area contributed by atoms with Crippen LogP contribution in [0.3, 0.4) is 0 Å². The third-order valence-electron chi connectivity index (χ3n) is 5.68. The highest BCUT2D eigenvalue weighted by atomic mass is 32.2.